The summed E-state index contributed by atoms with van der Waals surface area (Å²) in [5.74, 6) is -0.0411. The molecule has 28 heavy (non-hydrogen) atoms. The van der Waals surface area contributed by atoms with Crippen LogP contribution in [0.1, 0.15) is 60.2 Å². The highest BCUT2D eigenvalue weighted by Crippen LogP contribution is 2.29. The van der Waals surface area contributed by atoms with Crippen LogP contribution in [0.5, 0.6) is 0 Å². The molecule has 0 saturated heterocycles. The van der Waals surface area contributed by atoms with Gasteiger partial charge in [-0.1, -0.05) is 55.0 Å². The molecule has 4 rings (SSSR count). The van der Waals surface area contributed by atoms with Crippen LogP contribution in [0.25, 0.3) is 11.0 Å². The molecule has 3 aromatic rings. The van der Waals surface area contributed by atoms with Crippen LogP contribution >= 0.6 is 0 Å². The molecule has 0 unspecified atom stereocenters. The second-order valence-electron chi connectivity index (χ2n) is 7.35. The summed E-state index contributed by atoms with van der Waals surface area (Å²) >= 11 is 0. The first kappa shape index (κ1) is 18.5. The van der Waals surface area contributed by atoms with E-state index in [1.54, 1.807) is 12.1 Å². The van der Waals surface area contributed by atoms with Gasteiger partial charge in [-0.2, -0.15) is 0 Å². The third kappa shape index (κ3) is 4.01. The van der Waals surface area contributed by atoms with Gasteiger partial charge in [0, 0.05) is 22.9 Å². The molecule has 1 heterocycles. The van der Waals surface area contributed by atoms with E-state index >= 15 is 0 Å². The summed E-state index contributed by atoms with van der Waals surface area (Å²) in [6.07, 6.45) is 6.11. The first-order chi connectivity index (χ1) is 13.7. The summed E-state index contributed by atoms with van der Waals surface area (Å²) in [4.78, 5) is 25.3. The number of benzene rings is 2. The number of aryl methyl sites for hydroxylation is 1. The molecule has 144 valence electrons. The van der Waals surface area contributed by atoms with E-state index in [9.17, 15) is 9.59 Å². The van der Waals surface area contributed by atoms with Crippen LogP contribution < -0.4 is 0 Å². The van der Waals surface area contributed by atoms with Gasteiger partial charge in [-0.25, -0.2) is 0 Å². The van der Waals surface area contributed by atoms with Gasteiger partial charge in [-0.05, 0) is 38.2 Å². The lowest BCUT2D eigenvalue weighted by Gasteiger charge is -2.21. The van der Waals surface area contributed by atoms with Crippen molar-refractivity contribution < 1.29 is 18.7 Å². The van der Waals surface area contributed by atoms with E-state index in [2.05, 4.69) is 0 Å². The fourth-order valence-corrected chi connectivity index (χ4v) is 3.91. The number of furan rings is 1. The van der Waals surface area contributed by atoms with Crippen LogP contribution in [0.2, 0.25) is 0 Å². The Morgan fingerprint density at radius 3 is 2.43 bits per heavy atom. The van der Waals surface area contributed by atoms with Crippen molar-refractivity contribution in [2.45, 2.75) is 51.0 Å². The number of ketones is 1. The minimum atomic E-state index is -0.199. The highest BCUT2D eigenvalue weighted by molar-refractivity contribution is 6.10. The van der Waals surface area contributed by atoms with Gasteiger partial charge >= 0.3 is 5.97 Å². The van der Waals surface area contributed by atoms with Gasteiger partial charge in [-0.3, -0.25) is 9.59 Å². The molecular formula is C24H24O4. The van der Waals surface area contributed by atoms with Crippen LogP contribution in [0.4, 0.5) is 0 Å². The Hall–Kier alpha value is -2.88. The van der Waals surface area contributed by atoms with Crippen LogP contribution in [0, 0.1) is 0 Å². The first-order valence-corrected chi connectivity index (χ1v) is 10.0. The van der Waals surface area contributed by atoms with Gasteiger partial charge in [0.2, 0.25) is 5.78 Å². The van der Waals surface area contributed by atoms with Crippen molar-refractivity contribution in [1.82, 2.24) is 0 Å². The maximum Gasteiger partial charge on any atom is 0.306 e. The molecule has 0 spiro atoms. The van der Waals surface area contributed by atoms with Gasteiger partial charge in [0.15, 0.2) is 5.76 Å². The molecule has 1 saturated carbocycles. The summed E-state index contributed by atoms with van der Waals surface area (Å²) in [7, 11) is 0. The van der Waals surface area contributed by atoms with Gasteiger partial charge in [-0.15, -0.1) is 0 Å². The number of ether oxygens (including phenoxy) is 1. The summed E-state index contributed by atoms with van der Waals surface area (Å²) in [6, 6.07) is 16.7. The second kappa shape index (κ2) is 8.42. The molecular weight excluding hydrogens is 352 g/mol. The molecule has 0 amide bonds. The molecule has 0 radical (unpaired) electrons. The van der Waals surface area contributed by atoms with Gasteiger partial charge in [0.1, 0.15) is 11.7 Å². The van der Waals surface area contributed by atoms with Crippen LogP contribution in [-0.4, -0.2) is 17.9 Å². The number of carbonyl (C=O) groups is 2. The van der Waals surface area contributed by atoms with Crippen molar-refractivity contribution in [2.75, 3.05) is 0 Å². The quantitative estimate of drug-likeness (QED) is 0.423. The second-order valence-corrected chi connectivity index (χ2v) is 7.35. The van der Waals surface area contributed by atoms with Crippen LogP contribution in [0.15, 0.2) is 59.0 Å². The SMILES string of the molecule is O=C(CCc1c(C(=O)c2ccccc2)oc2ccccc12)OC1CCCCC1. The lowest BCUT2D eigenvalue weighted by atomic mass is 9.97. The molecule has 1 fully saturated rings. The number of para-hydroxylation sites is 1. The molecule has 4 nitrogen and oxygen atoms in total. The number of esters is 1. The standard InChI is InChI=1S/C24H24O4/c25-22(27-18-11-5-2-6-12-18)16-15-20-19-13-7-8-14-21(19)28-24(20)23(26)17-9-3-1-4-10-17/h1,3-4,7-10,13-14,18H,2,5-6,11-12,15-16H2. The highest BCUT2D eigenvalue weighted by Gasteiger charge is 2.23. The van der Waals surface area contributed by atoms with E-state index < -0.39 is 0 Å². The Labute approximate surface area is 164 Å². The zero-order valence-corrected chi connectivity index (χ0v) is 15.9. The molecule has 1 aromatic heterocycles. The average molecular weight is 376 g/mol. The number of fused-ring (bicyclic) bond motifs is 1. The first-order valence-electron chi connectivity index (χ1n) is 10.0. The smallest absolute Gasteiger partial charge is 0.306 e. The molecule has 0 bridgehead atoms. The third-order valence-corrected chi connectivity index (χ3v) is 5.37. The van der Waals surface area contributed by atoms with E-state index in [-0.39, 0.29) is 24.3 Å². The van der Waals surface area contributed by atoms with Crippen molar-refractivity contribution >= 4 is 22.7 Å². The van der Waals surface area contributed by atoms with E-state index in [1.807, 2.05) is 42.5 Å². The fourth-order valence-electron chi connectivity index (χ4n) is 3.91. The van der Waals surface area contributed by atoms with E-state index in [1.165, 1.54) is 6.42 Å². The van der Waals surface area contributed by atoms with E-state index in [4.69, 9.17) is 9.15 Å². The van der Waals surface area contributed by atoms with Gasteiger partial charge < -0.3 is 9.15 Å². The van der Waals surface area contributed by atoms with Crippen molar-refractivity contribution in [3.05, 3.63) is 71.5 Å². The lowest BCUT2D eigenvalue weighted by Crippen LogP contribution is -2.21. The predicted molar refractivity (Wildman–Crippen MR) is 107 cm³/mol. The summed E-state index contributed by atoms with van der Waals surface area (Å²) < 4.78 is 11.5. The van der Waals surface area contributed by atoms with E-state index in [0.717, 1.165) is 36.6 Å². The minimum Gasteiger partial charge on any atom is -0.462 e. The van der Waals surface area contributed by atoms with Gasteiger partial charge in [0.25, 0.3) is 0 Å². The van der Waals surface area contributed by atoms with Crippen molar-refractivity contribution in [3.8, 4) is 0 Å². The summed E-state index contributed by atoms with van der Waals surface area (Å²) in [5.41, 5.74) is 2.02. The van der Waals surface area contributed by atoms with E-state index in [0.29, 0.717) is 23.3 Å². The zero-order valence-electron chi connectivity index (χ0n) is 15.9. The molecule has 1 aliphatic rings. The normalized spacial score (nSPS) is 14.9. The molecule has 1 aliphatic carbocycles. The molecule has 0 N–H and O–H groups in total. The highest BCUT2D eigenvalue weighted by atomic mass is 16.5. The Balaban J connectivity index is 1.55. The number of hydrogen-bond donors (Lipinski definition) is 0. The Kier molecular flexibility index (Phi) is 5.56. The number of carbonyl (C=O) groups excluding carboxylic acids is 2. The van der Waals surface area contributed by atoms with Crippen LogP contribution in [0.3, 0.4) is 0 Å². The monoisotopic (exact) mass is 376 g/mol. The third-order valence-electron chi connectivity index (χ3n) is 5.37. The molecule has 0 aliphatic heterocycles. The predicted octanol–water partition coefficient (Wildman–Crippen LogP) is 5.47. The summed E-state index contributed by atoms with van der Waals surface area (Å²) in [5, 5.41) is 0.882. The Morgan fingerprint density at radius 2 is 1.64 bits per heavy atom. The van der Waals surface area contributed by atoms with Crippen molar-refractivity contribution in [3.63, 3.8) is 0 Å². The number of hydrogen-bond acceptors (Lipinski definition) is 4. The maximum atomic E-state index is 13.0. The zero-order chi connectivity index (χ0) is 19.3. The molecule has 2 aromatic carbocycles. The van der Waals surface area contributed by atoms with Gasteiger partial charge in [0.05, 0.1) is 0 Å². The topological polar surface area (TPSA) is 56.5 Å². The largest absolute Gasteiger partial charge is 0.462 e. The maximum absolute atomic E-state index is 13.0. The van der Waals surface area contributed by atoms with Crippen molar-refractivity contribution in [2.24, 2.45) is 0 Å². The Morgan fingerprint density at radius 1 is 0.929 bits per heavy atom. The fraction of sp³-hybridized carbons (Fsp3) is 0.333. The van der Waals surface area contributed by atoms with Crippen LogP contribution in [-0.2, 0) is 16.0 Å². The molecule has 0 atom stereocenters. The van der Waals surface area contributed by atoms with Crippen molar-refractivity contribution in [1.29, 1.82) is 0 Å². The number of rotatable bonds is 6. The lowest BCUT2D eigenvalue weighted by molar-refractivity contribution is -0.150. The Bertz CT molecular complexity index is 965. The minimum absolute atomic E-state index is 0.0489. The molecule has 4 heteroatoms. The average Bonchev–Trinajstić information content (AvgIpc) is 3.11. The summed E-state index contributed by atoms with van der Waals surface area (Å²) in [6.45, 7) is 0.